The standard InChI is InChI=1S/C19H23FN6O3/c1-21-18(27)26-8-2-3-15(26)17-23-16(24-29-17)13-10-25(11-13)19(28)22-9-12-4-6-14(20)7-5-12/h4-7,13,15H,2-3,8-11H2,1H3,(H,21,27)(H,22,28). The lowest BCUT2D eigenvalue weighted by atomic mass is 10.00. The van der Waals surface area contributed by atoms with E-state index in [4.69, 9.17) is 4.52 Å². The maximum atomic E-state index is 12.9. The molecular weight excluding hydrogens is 379 g/mol. The number of carbonyl (C=O) groups excluding carboxylic acids is 2. The summed E-state index contributed by atoms with van der Waals surface area (Å²) in [7, 11) is 1.60. The molecule has 154 valence electrons. The number of nitrogens with zero attached hydrogens (tertiary/aromatic N) is 4. The minimum absolute atomic E-state index is 0.0129. The predicted octanol–water partition coefficient (Wildman–Crippen LogP) is 1.99. The second kappa shape index (κ2) is 8.06. The van der Waals surface area contributed by atoms with Gasteiger partial charge in [-0.2, -0.15) is 4.98 Å². The molecule has 4 rings (SSSR count). The van der Waals surface area contributed by atoms with E-state index in [2.05, 4.69) is 20.8 Å². The van der Waals surface area contributed by atoms with Gasteiger partial charge in [-0.05, 0) is 30.5 Å². The van der Waals surface area contributed by atoms with Crippen molar-refractivity contribution in [2.75, 3.05) is 26.7 Å². The van der Waals surface area contributed by atoms with Gasteiger partial charge in [0.1, 0.15) is 11.9 Å². The molecule has 10 heteroatoms. The van der Waals surface area contributed by atoms with E-state index in [-0.39, 0.29) is 29.8 Å². The monoisotopic (exact) mass is 402 g/mol. The Bertz CT molecular complexity index is 880. The minimum Gasteiger partial charge on any atom is -0.341 e. The molecule has 1 unspecified atom stereocenters. The van der Waals surface area contributed by atoms with Crippen LogP contribution in [-0.4, -0.2) is 58.7 Å². The molecule has 1 aromatic heterocycles. The van der Waals surface area contributed by atoms with Gasteiger partial charge in [0.15, 0.2) is 5.82 Å². The lowest BCUT2D eigenvalue weighted by Crippen LogP contribution is -2.52. The topological polar surface area (TPSA) is 104 Å². The summed E-state index contributed by atoms with van der Waals surface area (Å²) in [5.74, 6) is 0.715. The Hall–Kier alpha value is -3.17. The average molecular weight is 402 g/mol. The summed E-state index contributed by atoms with van der Waals surface area (Å²) in [4.78, 5) is 32.0. The largest absolute Gasteiger partial charge is 0.341 e. The number of rotatable bonds is 4. The van der Waals surface area contributed by atoms with E-state index in [0.29, 0.717) is 37.9 Å². The van der Waals surface area contributed by atoms with Crippen molar-refractivity contribution in [3.63, 3.8) is 0 Å². The average Bonchev–Trinajstić information content (AvgIpc) is 3.35. The van der Waals surface area contributed by atoms with E-state index in [0.717, 1.165) is 18.4 Å². The molecule has 0 bridgehead atoms. The van der Waals surface area contributed by atoms with Crippen molar-refractivity contribution in [3.8, 4) is 0 Å². The Morgan fingerprint density at radius 2 is 2.00 bits per heavy atom. The highest BCUT2D eigenvalue weighted by Crippen LogP contribution is 2.32. The summed E-state index contributed by atoms with van der Waals surface area (Å²) in [5.41, 5.74) is 0.830. The highest BCUT2D eigenvalue weighted by molar-refractivity contribution is 5.75. The van der Waals surface area contributed by atoms with Crippen LogP contribution in [0.15, 0.2) is 28.8 Å². The number of hydrogen-bond donors (Lipinski definition) is 2. The van der Waals surface area contributed by atoms with Crippen LogP contribution < -0.4 is 10.6 Å². The van der Waals surface area contributed by atoms with Crippen LogP contribution in [0, 0.1) is 5.82 Å². The van der Waals surface area contributed by atoms with Gasteiger partial charge >= 0.3 is 12.1 Å². The maximum Gasteiger partial charge on any atom is 0.317 e. The molecule has 0 spiro atoms. The van der Waals surface area contributed by atoms with Crippen LogP contribution in [0.1, 0.15) is 42.1 Å². The maximum absolute atomic E-state index is 12.9. The fourth-order valence-corrected chi connectivity index (χ4v) is 3.66. The molecule has 0 aliphatic carbocycles. The van der Waals surface area contributed by atoms with Crippen molar-refractivity contribution < 1.29 is 18.5 Å². The summed E-state index contributed by atoms with van der Waals surface area (Å²) >= 11 is 0. The van der Waals surface area contributed by atoms with Crippen LogP contribution >= 0.6 is 0 Å². The summed E-state index contributed by atoms with van der Waals surface area (Å²) in [6.45, 7) is 1.99. The quantitative estimate of drug-likeness (QED) is 0.814. The van der Waals surface area contributed by atoms with E-state index in [1.165, 1.54) is 12.1 Å². The molecule has 1 aromatic carbocycles. The van der Waals surface area contributed by atoms with Gasteiger partial charge in [0.25, 0.3) is 0 Å². The van der Waals surface area contributed by atoms with Crippen molar-refractivity contribution in [3.05, 3.63) is 47.4 Å². The summed E-state index contributed by atoms with van der Waals surface area (Å²) < 4.78 is 18.3. The fraction of sp³-hybridized carbons (Fsp3) is 0.474. The van der Waals surface area contributed by atoms with Gasteiger partial charge in [-0.25, -0.2) is 14.0 Å². The van der Waals surface area contributed by atoms with Crippen LogP contribution in [0.25, 0.3) is 0 Å². The predicted molar refractivity (Wildman–Crippen MR) is 100 cm³/mol. The molecule has 0 radical (unpaired) electrons. The highest BCUT2D eigenvalue weighted by Gasteiger charge is 2.38. The van der Waals surface area contributed by atoms with E-state index >= 15 is 0 Å². The SMILES string of the molecule is CNC(=O)N1CCCC1c1nc(C2CN(C(=O)NCc3ccc(F)cc3)C2)no1. The smallest absolute Gasteiger partial charge is 0.317 e. The van der Waals surface area contributed by atoms with E-state index in [1.807, 2.05) is 0 Å². The van der Waals surface area contributed by atoms with Crippen molar-refractivity contribution in [2.45, 2.75) is 31.3 Å². The molecule has 2 N–H and O–H groups in total. The number of benzene rings is 1. The van der Waals surface area contributed by atoms with Gasteiger partial charge in [0, 0.05) is 33.2 Å². The zero-order chi connectivity index (χ0) is 20.4. The number of amides is 4. The fourth-order valence-electron chi connectivity index (χ4n) is 3.66. The zero-order valence-corrected chi connectivity index (χ0v) is 16.1. The molecule has 2 aromatic rings. The molecule has 0 saturated carbocycles. The first kappa shape index (κ1) is 19.2. The first-order valence-corrected chi connectivity index (χ1v) is 9.64. The van der Waals surface area contributed by atoms with Crippen LogP contribution in [0.4, 0.5) is 14.0 Å². The summed E-state index contributed by atoms with van der Waals surface area (Å²) in [5, 5.41) is 9.51. The Morgan fingerprint density at radius 3 is 2.72 bits per heavy atom. The van der Waals surface area contributed by atoms with Crippen LogP contribution in [0.2, 0.25) is 0 Å². The molecule has 3 heterocycles. The van der Waals surface area contributed by atoms with E-state index < -0.39 is 0 Å². The highest BCUT2D eigenvalue weighted by atomic mass is 19.1. The van der Waals surface area contributed by atoms with Gasteiger partial charge in [0.2, 0.25) is 5.89 Å². The number of halogens is 1. The van der Waals surface area contributed by atoms with Gasteiger partial charge in [-0.1, -0.05) is 17.3 Å². The Morgan fingerprint density at radius 1 is 1.24 bits per heavy atom. The second-order valence-corrected chi connectivity index (χ2v) is 7.28. The molecule has 2 fully saturated rings. The van der Waals surface area contributed by atoms with Crippen LogP contribution in [-0.2, 0) is 6.54 Å². The van der Waals surface area contributed by atoms with Crippen molar-refractivity contribution in [1.29, 1.82) is 0 Å². The Labute approximate surface area is 167 Å². The summed E-state index contributed by atoms with van der Waals surface area (Å²) in [6, 6.07) is 5.47. The van der Waals surface area contributed by atoms with Gasteiger partial charge in [-0.15, -0.1) is 0 Å². The van der Waals surface area contributed by atoms with Crippen LogP contribution in [0.3, 0.4) is 0 Å². The second-order valence-electron chi connectivity index (χ2n) is 7.28. The third-order valence-corrected chi connectivity index (χ3v) is 5.36. The van der Waals surface area contributed by atoms with Crippen molar-refractivity contribution in [2.24, 2.45) is 0 Å². The van der Waals surface area contributed by atoms with Gasteiger partial charge in [-0.3, -0.25) is 0 Å². The van der Waals surface area contributed by atoms with Crippen molar-refractivity contribution >= 4 is 12.1 Å². The number of carbonyl (C=O) groups is 2. The zero-order valence-electron chi connectivity index (χ0n) is 16.1. The van der Waals surface area contributed by atoms with Gasteiger partial charge in [0.05, 0.1) is 5.92 Å². The molecule has 9 nitrogen and oxygen atoms in total. The minimum atomic E-state index is -0.304. The van der Waals surface area contributed by atoms with E-state index in [1.54, 1.807) is 29.0 Å². The van der Waals surface area contributed by atoms with E-state index in [9.17, 15) is 14.0 Å². The molecule has 1 atom stereocenters. The Balaban J connectivity index is 1.28. The molecule has 2 saturated heterocycles. The summed E-state index contributed by atoms with van der Waals surface area (Å²) in [6.07, 6.45) is 1.68. The lowest BCUT2D eigenvalue weighted by molar-refractivity contribution is 0.147. The number of nitrogens with one attached hydrogen (secondary N) is 2. The Kier molecular flexibility index (Phi) is 5.32. The normalized spacial score (nSPS) is 19.2. The third-order valence-electron chi connectivity index (χ3n) is 5.36. The van der Waals surface area contributed by atoms with Crippen LogP contribution in [0.5, 0.6) is 0 Å². The number of hydrogen-bond acceptors (Lipinski definition) is 5. The van der Waals surface area contributed by atoms with Crippen molar-refractivity contribution in [1.82, 2.24) is 30.6 Å². The number of urea groups is 2. The third kappa shape index (κ3) is 4.01. The number of likely N-dealkylation sites (tertiary alicyclic amines) is 2. The lowest BCUT2D eigenvalue weighted by Gasteiger charge is -2.37. The molecule has 2 aliphatic rings. The number of aromatic nitrogens is 2. The molecule has 29 heavy (non-hydrogen) atoms. The van der Waals surface area contributed by atoms with Gasteiger partial charge < -0.3 is 25.0 Å². The first-order valence-electron chi connectivity index (χ1n) is 9.64. The first-order chi connectivity index (χ1) is 14.0. The molecular formula is C19H23FN6O3. The molecule has 2 aliphatic heterocycles. The molecule has 4 amide bonds.